The van der Waals surface area contributed by atoms with Crippen molar-refractivity contribution in [2.75, 3.05) is 6.61 Å². The summed E-state index contributed by atoms with van der Waals surface area (Å²) in [5.41, 5.74) is 0.823. The third kappa shape index (κ3) is 3.62. The van der Waals surface area contributed by atoms with Gasteiger partial charge in [0.1, 0.15) is 0 Å². The minimum Gasteiger partial charge on any atom is -0.490 e. The summed E-state index contributed by atoms with van der Waals surface area (Å²) in [6, 6.07) is 1.84. The molecule has 0 saturated heterocycles. The lowest BCUT2D eigenvalue weighted by atomic mass is 10.2. The molecule has 0 fully saturated rings. The van der Waals surface area contributed by atoms with Gasteiger partial charge in [-0.15, -0.1) is 0 Å². The molecular weight excluding hydrogens is 364 g/mol. The Morgan fingerprint density at radius 2 is 2.06 bits per heavy atom. The van der Waals surface area contributed by atoms with Crippen LogP contribution in [0.15, 0.2) is 20.1 Å². The second-order valence-electron chi connectivity index (χ2n) is 3.80. The van der Waals surface area contributed by atoms with Gasteiger partial charge in [0.2, 0.25) is 0 Å². The van der Waals surface area contributed by atoms with E-state index in [4.69, 9.17) is 15.3 Å². The van der Waals surface area contributed by atoms with Gasteiger partial charge in [0.15, 0.2) is 11.5 Å². The summed E-state index contributed by atoms with van der Waals surface area (Å²) < 4.78 is 13.0. The van der Waals surface area contributed by atoms with Crippen LogP contribution in [-0.4, -0.2) is 18.9 Å². The van der Waals surface area contributed by atoms with Gasteiger partial charge in [-0.1, -0.05) is 0 Å². The second-order valence-corrected chi connectivity index (χ2v) is 5.38. The monoisotopic (exact) mass is 378 g/mol. The second kappa shape index (κ2) is 6.99. The normalized spacial score (nSPS) is 11.2. The lowest BCUT2D eigenvalue weighted by molar-refractivity contribution is 0.222. The van der Waals surface area contributed by atoms with Crippen LogP contribution in [0, 0.1) is 0 Å². The number of nitrogens with two attached hydrogens (primary N) is 1. The Morgan fingerprint density at radius 3 is 2.56 bits per heavy atom. The van der Waals surface area contributed by atoms with Crippen LogP contribution in [0.5, 0.6) is 11.5 Å². The van der Waals surface area contributed by atoms with Crippen LogP contribution in [0.3, 0.4) is 0 Å². The molecule has 0 bridgehead atoms. The van der Waals surface area contributed by atoms with Gasteiger partial charge in [-0.2, -0.15) is 5.10 Å². The minimum atomic E-state index is 0.0569. The highest BCUT2D eigenvalue weighted by Gasteiger charge is 2.17. The number of hydrazone groups is 1. The van der Waals surface area contributed by atoms with Crippen molar-refractivity contribution in [3.63, 3.8) is 0 Å². The zero-order chi connectivity index (χ0) is 13.7. The number of halogens is 2. The van der Waals surface area contributed by atoms with E-state index in [0.29, 0.717) is 18.1 Å². The Hall–Kier alpha value is -0.750. The van der Waals surface area contributed by atoms with Crippen molar-refractivity contribution in [1.29, 1.82) is 0 Å². The van der Waals surface area contributed by atoms with Crippen LogP contribution < -0.4 is 15.3 Å². The number of hydrogen-bond acceptors (Lipinski definition) is 4. The molecule has 4 nitrogen and oxygen atoms in total. The lowest BCUT2D eigenvalue weighted by Crippen LogP contribution is -2.09. The highest BCUT2D eigenvalue weighted by Crippen LogP contribution is 2.42. The van der Waals surface area contributed by atoms with E-state index in [9.17, 15) is 0 Å². The van der Waals surface area contributed by atoms with Gasteiger partial charge in [-0.3, -0.25) is 0 Å². The van der Waals surface area contributed by atoms with Crippen molar-refractivity contribution >= 4 is 38.1 Å². The molecule has 1 rings (SSSR count). The maximum absolute atomic E-state index is 5.77. The Kier molecular flexibility index (Phi) is 5.95. The summed E-state index contributed by atoms with van der Waals surface area (Å²) in [5, 5.41) is 3.53. The smallest absolute Gasteiger partial charge is 0.176 e. The van der Waals surface area contributed by atoms with Crippen LogP contribution in [0.25, 0.3) is 0 Å². The van der Waals surface area contributed by atoms with Crippen molar-refractivity contribution in [3.05, 3.63) is 20.6 Å². The van der Waals surface area contributed by atoms with Gasteiger partial charge in [0, 0.05) is 10.0 Å². The molecule has 1 aromatic rings. The highest BCUT2D eigenvalue weighted by atomic mass is 79.9. The molecule has 0 aliphatic carbocycles. The molecular formula is C12H16Br2N2O2. The van der Waals surface area contributed by atoms with Gasteiger partial charge < -0.3 is 15.3 Å². The Labute approximate surface area is 124 Å². The van der Waals surface area contributed by atoms with E-state index < -0.39 is 0 Å². The molecule has 6 heteroatoms. The van der Waals surface area contributed by atoms with E-state index in [0.717, 1.165) is 14.5 Å². The molecule has 0 atom stereocenters. The van der Waals surface area contributed by atoms with E-state index >= 15 is 0 Å². The molecule has 18 heavy (non-hydrogen) atoms. The van der Waals surface area contributed by atoms with E-state index in [1.54, 1.807) is 6.21 Å². The van der Waals surface area contributed by atoms with Crippen molar-refractivity contribution in [2.24, 2.45) is 10.9 Å². The van der Waals surface area contributed by atoms with Gasteiger partial charge in [0.25, 0.3) is 0 Å². The maximum Gasteiger partial charge on any atom is 0.176 e. The number of benzene rings is 1. The summed E-state index contributed by atoms with van der Waals surface area (Å²) in [6.45, 7) is 6.41. The van der Waals surface area contributed by atoms with Crippen molar-refractivity contribution < 1.29 is 9.47 Å². The third-order valence-electron chi connectivity index (χ3n) is 2.02. The number of nitrogens with zero attached hydrogens (tertiary/aromatic N) is 1. The molecule has 100 valence electrons. The first-order valence-electron chi connectivity index (χ1n) is 5.55. The summed E-state index contributed by atoms with van der Waals surface area (Å²) in [5.74, 6) is 6.52. The first-order chi connectivity index (χ1) is 8.51. The Bertz CT molecular complexity index is 448. The molecule has 0 heterocycles. The standard InChI is InChI=1S/C12H16Br2N2O2/c1-4-17-9-5-8(6-16-15)10(13)11(14)12(9)18-7(2)3/h5-7H,4,15H2,1-3H3. The van der Waals surface area contributed by atoms with Crippen molar-refractivity contribution in [2.45, 2.75) is 26.9 Å². The number of hydrogen-bond donors (Lipinski definition) is 1. The summed E-state index contributed by atoms with van der Waals surface area (Å²) >= 11 is 6.97. The average molecular weight is 380 g/mol. The summed E-state index contributed by atoms with van der Waals surface area (Å²) in [6.07, 6.45) is 1.61. The Balaban J connectivity index is 3.34. The minimum absolute atomic E-state index is 0.0569. The fourth-order valence-corrected chi connectivity index (χ4v) is 2.30. The first-order valence-corrected chi connectivity index (χ1v) is 7.14. The summed E-state index contributed by atoms with van der Waals surface area (Å²) in [7, 11) is 0. The molecule has 1 aromatic carbocycles. The van der Waals surface area contributed by atoms with Gasteiger partial charge in [0.05, 0.1) is 23.4 Å². The predicted octanol–water partition coefficient (Wildman–Crippen LogP) is 3.69. The van der Waals surface area contributed by atoms with Crippen LogP contribution in [0.2, 0.25) is 0 Å². The number of rotatable bonds is 5. The van der Waals surface area contributed by atoms with Gasteiger partial charge >= 0.3 is 0 Å². The predicted molar refractivity (Wildman–Crippen MR) is 80.6 cm³/mol. The maximum atomic E-state index is 5.77. The third-order valence-corrected chi connectivity index (χ3v) is 4.17. The topological polar surface area (TPSA) is 56.8 Å². The molecule has 0 spiro atoms. The largest absolute Gasteiger partial charge is 0.490 e. The van der Waals surface area contributed by atoms with Crippen LogP contribution >= 0.6 is 31.9 Å². The molecule has 0 aliphatic rings. The SMILES string of the molecule is CCOc1cc(C=NN)c(Br)c(Br)c1OC(C)C. The quantitative estimate of drug-likeness (QED) is 0.482. The summed E-state index contributed by atoms with van der Waals surface area (Å²) in [4.78, 5) is 0. The fourth-order valence-electron chi connectivity index (χ4n) is 1.39. The zero-order valence-electron chi connectivity index (χ0n) is 10.5. The van der Waals surface area contributed by atoms with Crippen molar-refractivity contribution in [3.8, 4) is 11.5 Å². The van der Waals surface area contributed by atoms with Crippen LogP contribution in [0.1, 0.15) is 26.3 Å². The molecule has 0 radical (unpaired) electrons. The molecule has 2 N–H and O–H groups in total. The van der Waals surface area contributed by atoms with Gasteiger partial charge in [-0.25, -0.2) is 0 Å². The van der Waals surface area contributed by atoms with E-state index in [1.807, 2.05) is 26.8 Å². The van der Waals surface area contributed by atoms with Crippen LogP contribution in [0.4, 0.5) is 0 Å². The van der Waals surface area contributed by atoms with E-state index in [1.165, 1.54) is 0 Å². The molecule has 0 amide bonds. The highest BCUT2D eigenvalue weighted by molar-refractivity contribution is 9.13. The fraction of sp³-hybridized carbons (Fsp3) is 0.417. The van der Waals surface area contributed by atoms with Crippen LogP contribution in [-0.2, 0) is 0 Å². The molecule has 0 saturated carbocycles. The van der Waals surface area contributed by atoms with Crippen molar-refractivity contribution in [1.82, 2.24) is 0 Å². The molecule has 0 aromatic heterocycles. The lowest BCUT2D eigenvalue weighted by Gasteiger charge is -2.18. The van der Waals surface area contributed by atoms with E-state index in [2.05, 4.69) is 37.0 Å². The first kappa shape index (κ1) is 15.3. The molecule has 0 aliphatic heterocycles. The number of ether oxygens (including phenoxy) is 2. The zero-order valence-corrected chi connectivity index (χ0v) is 13.7. The average Bonchev–Trinajstić information content (AvgIpc) is 2.31. The molecule has 0 unspecified atom stereocenters. The Morgan fingerprint density at radius 1 is 1.39 bits per heavy atom. The van der Waals surface area contributed by atoms with E-state index in [-0.39, 0.29) is 6.10 Å². The van der Waals surface area contributed by atoms with Gasteiger partial charge in [-0.05, 0) is 58.7 Å².